The van der Waals surface area contributed by atoms with Crippen molar-refractivity contribution in [3.05, 3.63) is 77.9 Å². The van der Waals surface area contributed by atoms with Crippen LogP contribution < -0.4 is 24.4 Å². The van der Waals surface area contributed by atoms with E-state index < -0.39 is 5.41 Å². The Kier molecular flexibility index (Phi) is 3.74. The Balaban J connectivity index is 1.39. The lowest BCUT2D eigenvalue weighted by atomic mass is 9.77. The highest BCUT2D eigenvalue weighted by atomic mass is 16.7. The zero-order chi connectivity index (χ0) is 21.0. The molecule has 0 bridgehead atoms. The van der Waals surface area contributed by atoms with Crippen LogP contribution in [0, 0.1) is 0 Å². The van der Waals surface area contributed by atoms with Crippen molar-refractivity contribution in [3.8, 4) is 17.2 Å². The monoisotopic (exact) mass is 414 g/mol. The Morgan fingerprint density at radius 2 is 1.65 bits per heavy atom. The number of rotatable bonds is 3. The maximum atomic E-state index is 13.8. The highest BCUT2D eigenvalue weighted by molar-refractivity contribution is 6.14. The molecule has 7 nitrogen and oxygen atoms in total. The van der Waals surface area contributed by atoms with Crippen LogP contribution in [0.1, 0.15) is 11.1 Å². The van der Waals surface area contributed by atoms with E-state index in [0.29, 0.717) is 28.6 Å². The van der Waals surface area contributed by atoms with E-state index in [1.54, 1.807) is 6.07 Å². The molecule has 3 aromatic rings. The summed E-state index contributed by atoms with van der Waals surface area (Å²) in [5.74, 6) is 1.34. The van der Waals surface area contributed by atoms with Gasteiger partial charge in [-0.1, -0.05) is 36.4 Å². The van der Waals surface area contributed by atoms with Gasteiger partial charge in [0.15, 0.2) is 11.5 Å². The number of nitrogens with one attached hydrogen (secondary N) is 1. The average molecular weight is 414 g/mol. The number of carbonyl (C=O) groups excluding carboxylic acids is 2. The second kappa shape index (κ2) is 6.50. The number of ether oxygens (including phenoxy) is 3. The van der Waals surface area contributed by atoms with E-state index in [0.717, 1.165) is 11.1 Å². The first-order valence-electron chi connectivity index (χ1n) is 10.00. The van der Waals surface area contributed by atoms with Crippen LogP contribution in [0.25, 0.3) is 0 Å². The fraction of sp³-hybridized carbons (Fsp3) is 0.167. The van der Waals surface area contributed by atoms with E-state index in [1.807, 2.05) is 60.7 Å². The molecule has 0 aromatic heterocycles. The van der Waals surface area contributed by atoms with E-state index in [4.69, 9.17) is 14.2 Å². The van der Waals surface area contributed by atoms with Crippen molar-refractivity contribution < 1.29 is 23.8 Å². The van der Waals surface area contributed by atoms with Gasteiger partial charge in [-0.05, 0) is 29.8 Å². The van der Waals surface area contributed by atoms with Gasteiger partial charge < -0.3 is 24.4 Å². The molecule has 0 aliphatic carbocycles. The lowest BCUT2D eigenvalue weighted by molar-refractivity contribution is -0.124. The molecule has 154 valence electrons. The van der Waals surface area contributed by atoms with E-state index in [9.17, 15) is 9.59 Å². The molecule has 6 rings (SSSR count). The van der Waals surface area contributed by atoms with Gasteiger partial charge in [-0.25, -0.2) is 0 Å². The van der Waals surface area contributed by atoms with Crippen molar-refractivity contribution in [1.82, 2.24) is 0 Å². The van der Waals surface area contributed by atoms with Crippen molar-refractivity contribution in [2.45, 2.75) is 5.41 Å². The van der Waals surface area contributed by atoms with Crippen molar-refractivity contribution in [2.75, 3.05) is 30.2 Å². The Morgan fingerprint density at radius 3 is 2.48 bits per heavy atom. The summed E-state index contributed by atoms with van der Waals surface area (Å²) in [6.07, 6.45) is 0. The number of benzene rings is 3. The van der Waals surface area contributed by atoms with Crippen LogP contribution in [0.2, 0.25) is 0 Å². The number of para-hydroxylation sites is 2. The standard InChI is InChI=1S/C24H18N2O5/c27-22(25-15-6-2-1-3-7-15)12-26-18-9-5-4-8-16(18)24(23(26)28)13-29-19-11-21-20(10-17(19)24)30-14-31-21/h1-11H,12-14H2,(H,25,27). The van der Waals surface area contributed by atoms with Crippen LogP contribution in [0.3, 0.4) is 0 Å². The Morgan fingerprint density at radius 1 is 0.903 bits per heavy atom. The SMILES string of the molecule is O=C(CN1C(=O)C2(COc3cc4c(cc32)OCO4)c2ccccc21)Nc1ccccc1. The Labute approximate surface area is 178 Å². The van der Waals surface area contributed by atoms with Crippen LogP contribution in [0.4, 0.5) is 11.4 Å². The quantitative estimate of drug-likeness (QED) is 0.713. The summed E-state index contributed by atoms with van der Waals surface area (Å²) in [6.45, 7) is 0.214. The Bertz CT molecular complexity index is 1230. The molecule has 7 heteroatoms. The highest BCUT2D eigenvalue weighted by Gasteiger charge is 2.57. The largest absolute Gasteiger partial charge is 0.491 e. The molecule has 3 aliphatic rings. The number of anilines is 2. The summed E-state index contributed by atoms with van der Waals surface area (Å²) in [7, 11) is 0. The minimum atomic E-state index is -1.01. The topological polar surface area (TPSA) is 77.1 Å². The zero-order valence-corrected chi connectivity index (χ0v) is 16.5. The number of hydrogen-bond acceptors (Lipinski definition) is 5. The molecule has 3 heterocycles. The minimum Gasteiger partial charge on any atom is -0.491 e. The van der Waals surface area contributed by atoms with Gasteiger partial charge in [-0.15, -0.1) is 0 Å². The fourth-order valence-corrected chi connectivity index (χ4v) is 4.59. The number of hydrogen-bond donors (Lipinski definition) is 1. The summed E-state index contributed by atoms with van der Waals surface area (Å²) in [4.78, 5) is 28.1. The van der Waals surface area contributed by atoms with Crippen LogP contribution in [0.5, 0.6) is 17.2 Å². The van der Waals surface area contributed by atoms with Gasteiger partial charge >= 0.3 is 0 Å². The van der Waals surface area contributed by atoms with Crippen LogP contribution in [0.15, 0.2) is 66.7 Å². The molecule has 0 fully saturated rings. The normalized spacial score (nSPS) is 19.9. The smallest absolute Gasteiger partial charge is 0.246 e. The summed E-state index contributed by atoms with van der Waals surface area (Å²) < 4.78 is 16.9. The third-order valence-electron chi connectivity index (χ3n) is 6.00. The summed E-state index contributed by atoms with van der Waals surface area (Å²) in [6, 6.07) is 20.3. The summed E-state index contributed by atoms with van der Waals surface area (Å²) >= 11 is 0. The lowest BCUT2D eigenvalue weighted by Crippen LogP contribution is -2.45. The minimum absolute atomic E-state index is 0.0909. The van der Waals surface area contributed by atoms with Crippen molar-refractivity contribution in [1.29, 1.82) is 0 Å². The summed E-state index contributed by atoms with van der Waals surface area (Å²) in [5, 5.41) is 2.85. The van der Waals surface area contributed by atoms with Gasteiger partial charge in [0.1, 0.15) is 24.3 Å². The van der Waals surface area contributed by atoms with Gasteiger partial charge in [-0.3, -0.25) is 9.59 Å². The zero-order valence-electron chi connectivity index (χ0n) is 16.5. The molecular formula is C24H18N2O5. The first-order chi connectivity index (χ1) is 15.2. The van der Waals surface area contributed by atoms with Gasteiger partial charge in [0, 0.05) is 23.0 Å². The van der Waals surface area contributed by atoms with E-state index in [1.165, 1.54) is 4.90 Å². The third kappa shape index (κ3) is 2.53. The van der Waals surface area contributed by atoms with Gasteiger partial charge in [0.2, 0.25) is 18.6 Å². The molecule has 0 saturated carbocycles. The molecule has 0 radical (unpaired) electrons. The molecule has 0 saturated heterocycles. The van der Waals surface area contributed by atoms with Crippen molar-refractivity contribution >= 4 is 23.2 Å². The first-order valence-corrected chi connectivity index (χ1v) is 10.00. The first kappa shape index (κ1) is 17.8. The van der Waals surface area contributed by atoms with Gasteiger partial charge in [0.25, 0.3) is 0 Å². The summed E-state index contributed by atoms with van der Waals surface area (Å²) in [5.41, 5.74) is 1.94. The molecule has 1 unspecified atom stereocenters. The predicted octanol–water partition coefficient (Wildman–Crippen LogP) is 3.08. The third-order valence-corrected chi connectivity index (χ3v) is 6.00. The van der Waals surface area contributed by atoms with E-state index in [-0.39, 0.29) is 31.8 Å². The number of amides is 2. The number of fused-ring (bicyclic) bond motifs is 5. The van der Waals surface area contributed by atoms with E-state index >= 15 is 0 Å². The molecule has 3 aromatic carbocycles. The molecule has 1 atom stereocenters. The average Bonchev–Trinajstić information content (AvgIpc) is 3.46. The maximum Gasteiger partial charge on any atom is 0.246 e. The molecule has 31 heavy (non-hydrogen) atoms. The van der Waals surface area contributed by atoms with Crippen LogP contribution >= 0.6 is 0 Å². The van der Waals surface area contributed by atoms with Crippen LogP contribution in [-0.2, 0) is 15.0 Å². The molecule has 1 spiro atoms. The lowest BCUT2D eigenvalue weighted by Gasteiger charge is -2.23. The van der Waals surface area contributed by atoms with Gasteiger partial charge in [0.05, 0.1) is 0 Å². The number of nitrogens with zero attached hydrogens (tertiary/aromatic N) is 1. The molecule has 3 aliphatic heterocycles. The second-order valence-corrected chi connectivity index (χ2v) is 7.72. The van der Waals surface area contributed by atoms with Gasteiger partial charge in [-0.2, -0.15) is 0 Å². The highest BCUT2D eigenvalue weighted by Crippen LogP contribution is 2.54. The second-order valence-electron chi connectivity index (χ2n) is 7.72. The molecular weight excluding hydrogens is 396 g/mol. The predicted molar refractivity (Wildman–Crippen MR) is 113 cm³/mol. The fourth-order valence-electron chi connectivity index (χ4n) is 4.59. The van der Waals surface area contributed by atoms with Crippen molar-refractivity contribution in [3.63, 3.8) is 0 Å². The molecule has 1 N–H and O–H groups in total. The molecule has 2 amide bonds. The van der Waals surface area contributed by atoms with E-state index in [2.05, 4.69) is 5.32 Å². The van der Waals surface area contributed by atoms with Crippen molar-refractivity contribution in [2.24, 2.45) is 0 Å². The van der Waals surface area contributed by atoms with Crippen LogP contribution in [-0.4, -0.2) is 31.8 Å². The number of carbonyl (C=O) groups is 2. The maximum absolute atomic E-state index is 13.8. The Hall–Kier alpha value is -4.00.